The number of amides is 1. The van der Waals surface area contributed by atoms with Crippen LogP contribution < -0.4 is 5.32 Å². The summed E-state index contributed by atoms with van der Waals surface area (Å²) in [5.41, 5.74) is -0.201. The number of carbonyl (C=O) groups is 1. The molecule has 4 heteroatoms. The van der Waals surface area contributed by atoms with Gasteiger partial charge >= 0.3 is 6.09 Å². The lowest BCUT2D eigenvalue weighted by molar-refractivity contribution is 0.0413. The van der Waals surface area contributed by atoms with Gasteiger partial charge in [-0.15, -0.1) is 0 Å². The molecule has 1 N–H and O–H groups in total. The van der Waals surface area contributed by atoms with E-state index in [-0.39, 0.29) is 17.7 Å². The Kier molecular flexibility index (Phi) is 4.39. The highest BCUT2D eigenvalue weighted by Crippen LogP contribution is 2.12. The Bertz CT molecular complexity index is 210. The Hall–Kier alpha value is -0.770. The predicted molar refractivity (Wildman–Crippen MR) is 57.8 cm³/mol. The van der Waals surface area contributed by atoms with Crippen molar-refractivity contribution in [3.8, 4) is 0 Å². The van der Waals surface area contributed by atoms with Crippen molar-refractivity contribution in [1.29, 1.82) is 0 Å². The van der Waals surface area contributed by atoms with Crippen LogP contribution >= 0.6 is 0 Å². The van der Waals surface area contributed by atoms with Crippen molar-refractivity contribution in [2.45, 2.75) is 51.7 Å². The molecule has 0 saturated carbocycles. The molecule has 1 rings (SSSR count). The van der Waals surface area contributed by atoms with Crippen LogP contribution in [0.3, 0.4) is 0 Å². The zero-order valence-electron chi connectivity index (χ0n) is 9.84. The van der Waals surface area contributed by atoms with Crippen LogP contribution in [0.15, 0.2) is 0 Å². The average molecular weight is 215 g/mol. The van der Waals surface area contributed by atoms with Gasteiger partial charge in [0.15, 0.2) is 0 Å². The lowest BCUT2D eigenvalue weighted by atomic mass is 10.0. The fourth-order valence-corrected chi connectivity index (χ4v) is 1.35. The summed E-state index contributed by atoms with van der Waals surface area (Å²) in [6.07, 6.45) is 2.68. The van der Waals surface area contributed by atoms with Gasteiger partial charge in [0, 0.05) is 12.1 Å². The first-order valence-electron chi connectivity index (χ1n) is 5.60. The maximum atomic E-state index is 11.4. The smallest absolute Gasteiger partial charge is 0.407 e. The lowest BCUT2D eigenvalue weighted by Gasteiger charge is -2.24. The van der Waals surface area contributed by atoms with Crippen molar-refractivity contribution < 1.29 is 14.3 Å². The van der Waals surface area contributed by atoms with E-state index in [0.29, 0.717) is 6.61 Å². The Morgan fingerprint density at radius 1 is 1.60 bits per heavy atom. The van der Waals surface area contributed by atoms with Crippen LogP contribution in [0.4, 0.5) is 4.79 Å². The van der Waals surface area contributed by atoms with Crippen LogP contribution in [-0.2, 0) is 9.47 Å². The van der Waals surface area contributed by atoms with E-state index in [1.807, 2.05) is 20.8 Å². The molecule has 1 heterocycles. The predicted octanol–water partition coefficient (Wildman–Crippen LogP) is 2.08. The SMILES string of the molecule is CCC(C)(C)NC(=O)OCC1CCCO1. The van der Waals surface area contributed by atoms with Crippen molar-refractivity contribution in [2.75, 3.05) is 13.2 Å². The van der Waals surface area contributed by atoms with E-state index in [0.717, 1.165) is 25.9 Å². The second-order valence-electron chi connectivity index (χ2n) is 4.60. The van der Waals surface area contributed by atoms with Crippen molar-refractivity contribution in [2.24, 2.45) is 0 Å². The molecule has 1 fully saturated rings. The van der Waals surface area contributed by atoms with Crippen LogP contribution in [0.5, 0.6) is 0 Å². The lowest BCUT2D eigenvalue weighted by Crippen LogP contribution is -2.43. The van der Waals surface area contributed by atoms with E-state index in [2.05, 4.69) is 5.32 Å². The number of alkyl carbamates (subject to hydrolysis) is 1. The minimum Gasteiger partial charge on any atom is -0.447 e. The van der Waals surface area contributed by atoms with E-state index in [1.54, 1.807) is 0 Å². The molecule has 0 spiro atoms. The zero-order chi connectivity index (χ0) is 11.3. The molecular formula is C11H21NO3. The van der Waals surface area contributed by atoms with E-state index >= 15 is 0 Å². The van der Waals surface area contributed by atoms with Crippen LogP contribution in [0.1, 0.15) is 40.0 Å². The van der Waals surface area contributed by atoms with Crippen LogP contribution in [-0.4, -0.2) is 30.9 Å². The number of nitrogens with one attached hydrogen (secondary N) is 1. The van der Waals surface area contributed by atoms with Crippen molar-refractivity contribution >= 4 is 6.09 Å². The van der Waals surface area contributed by atoms with Crippen molar-refractivity contribution in [3.05, 3.63) is 0 Å². The zero-order valence-corrected chi connectivity index (χ0v) is 9.84. The molecule has 15 heavy (non-hydrogen) atoms. The van der Waals surface area contributed by atoms with Crippen molar-refractivity contribution in [3.63, 3.8) is 0 Å². The molecule has 0 aromatic carbocycles. The number of ether oxygens (including phenoxy) is 2. The molecule has 88 valence electrons. The molecule has 0 aliphatic carbocycles. The third-order valence-corrected chi connectivity index (χ3v) is 2.75. The summed E-state index contributed by atoms with van der Waals surface area (Å²) >= 11 is 0. The highest BCUT2D eigenvalue weighted by atomic mass is 16.6. The van der Waals surface area contributed by atoms with Gasteiger partial charge in [-0.3, -0.25) is 0 Å². The highest BCUT2D eigenvalue weighted by Gasteiger charge is 2.21. The quantitative estimate of drug-likeness (QED) is 0.781. The van der Waals surface area contributed by atoms with Crippen molar-refractivity contribution in [1.82, 2.24) is 5.32 Å². The van der Waals surface area contributed by atoms with Gasteiger partial charge in [0.25, 0.3) is 0 Å². The van der Waals surface area contributed by atoms with Gasteiger partial charge in [-0.1, -0.05) is 6.92 Å². The Morgan fingerprint density at radius 2 is 2.33 bits per heavy atom. The molecule has 4 nitrogen and oxygen atoms in total. The summed E-state index contributed by atoms with van der Waals surface area (Å²) in [5, 5.41) is 2.81. The number of rotatable bonds is 4. The molecule has 0 aromatic heterocycles. The average Bonchev–Trinajstić information content (AvgIpc) is 2.66. The molecule has 1 unspecified atom stereocenters. The van der Waals surface area contributed by atoms with Gasteiger partial charge in [-0.25, -0.2) is 4.79 Å². The minimum atomic E-state index is -0.350. The van der Waals surface area contributed by atoms with Gasteiger partial charge < -0.3 is 14.8 Å². The van der Waals surface area contributed by atoms with Gasteiger partial charge in [-0.2, -0.15) is 0 Å². The summed E-state index contributed by atoms with van der Waals surface area (Å²) in [6.45, 7) is 7.13. The first-order valence-corrected chi connectivity index (χ1v) is 5.60. The molecule has 1 aliphatic heterocycles. The highest BCUT2D eigenvalue weighted by molar-refractivity contribution is 5.68. The van der Waals surface area contributed by atoms with E-state index in [4.69, 9.17) is 9.47 Å². The molecule has 1 saturated heterocycles. The van der Waals surface area contributed by atoms with Crippen LogP contribution in [0.2, 0.25) is 0 Å². The van der Waals surface area contributed by atoms with Gasteiger partial charge in [0.2, 0.25) is 0 Å². The molecule has 0 aromatic rings. The molecule has 0 radical (unpaired) electrons. The van der Waals surface area contributed by atoms with Crippen LogP contribution in [0, 0.1) is 0 Å². The Morgan fingerprint density at radius 3 is 2.87 bits per heavy atom. The number of carbonyl (C=O) groups excluding carboxylic acids is 1. The molecule has 1 atom stereocenters. The third kappa shape index (κ3) is 4.51. The molecule has 1 aliphatic rings. The fraction of sp³-hybridized carbons (Fsp3) is 0.909. The maximum absolute atomic E-state index is 11.4. The first kappa shape index (κ1) is 12.3. The largest absolute Gasteiger partial charge is 0.447 e. The molecular weight excluding hydrogens is 194 g/mol. The fourth-order valence-electron chi connectivity index (χ4n) is 1.35. The second kappa shape index (κ2) is 5.35. The summed E-state index contributed by atoms with van der Waals surface area (Å²) in [6, 6.07) is 0. The van der Waals surface area contributed by atoms with Gasteiger partial charge in [0.1, 0.15) is 6.61 Å². The van der Waals surface area contributed by atoms with Gasteiger partial charge in [-0.05, 0) is 33.1 Å². The first-order chi connectivity index (χ1) is 7.03. The Balaban J connectivity index is 2.18. The normalized spacial score (nSPS) is 21.4. The second-order valence-corrected chi connectivity index (χ2v) is 4.60. The monoisotopic (exact) mass is 215 g/mol. The molecule has 1 amide bonds. The van der Waals surface area contributed by atoms with Gasteiger partial charge in [0.05, 0.1) is 6.10 Å². The number of hydrogen-bond acceptors (Lipinski definition) is 3. The molecule has 0 bridgehead atoms. The Labute approximate surface area is 91.3 Å². The minimum absolute atomic E-state index is 0.0977. The van der Waals surface area contributed by atoms with E-state index in [9.17, 15) is 4.79 Å². The third-order valence-electron chi connectivity index (χ3n) is 2.75. The topological polar surface area (TPSA) is 47.6 Å². The summed E-state index contributed by atoms with van der Waals surface area (Å²) in [4.78, 5) is 11.4. The summed E-state index contributed by atoms with van der Waals surface area (Å²) < 4.78 is 10.4. The van der Waals surface area contributed by atoms with Crippen LogP contribution in [0.25, 0.3) is 0 Å². The number of hydrogen-bond donors (Lipinski definition) is 1. The van der Waals surface area contributed by atoms with E-state index < -0.39 is 0 Å². The van der Waals surface area contributed by atoms with E-state index in [1.165, 1.54) is 0 Å². The summed E-state index contributed by atoms with van der Waals surface area (Å²) in [5.74, 6) is 0. The summed E-state index contributed by atoms with van der Waals surface area (Å²) in [7, 11) is 0. The maximum Gasteiger partial charge on any atom is 0.407 e. The standard InChI is InChI=1S/C11H21NO3/c1-4-11(2,3)12-10(13)15-8-9-6-5-7-14-9/h9H,4-8H2,1-3H3,(H,12,13).